The van der Waals surface area contributed by atoms with Crippen molar-refractivity contribution in [1.29, 1.82) is 0 Å². The van der Waals surface area contributed by atoms with Gasteiger partial charge in [0.15, 0.2) is 11.6 Å². The van der Waals surface area contributed by atoms with Crippen molar-refractivity contribution in [1.82, 2.24) is 5.32 Å². The maximum Gasteiger partial charge on any atom is 0.220 e. The molecule has 0 unspecified atom stereocenters. The van der Waals surface area contributed by atoms with E-state index in [4.69, 9.17) is 9.47 Å². The molecule has 0 aliphatic carbocycles. The minimum atomic E-state index is -0.394. The summed E-state index contributed by atoms with van der Waals surface area (Å²) < 4.78 is 24.3. The van der Waals surface area contributed by atoms with Gasteiger partial charge in [0.25, 0.3) is 0 Å². The van der Waals surface area contributed by atoms with Gasteiger partial charge in [0.05, 0.1) is 12.6 Å². The molecular formula is C16H22FNO3. The van der Waals surface area contributed by atoms with Crippen molar-refractivity contribution in [2.24, 2.45) is 0 Å². The largest absolute Gasteiger partial charge is 0.486 e. The van der Waals surface area contributed by atoms with Crippen LogP contribution in [0.15, 0.2) is 24.3 Å². The van der Waals surface area contributed by atoms with Gasteiger partial charge in [0, 0.05) is 13.0 Å². The van der Waals surface area contributed by atoms with Gasteiger partial charge in [-0.3, -0.25) is 4.79 Å². The lowest BCUT2D eigenvalue weighted by Crippen LogP contribution is -2.34. The van der Waals surface area contributed by atoms with Crippen molar-refractivity contribution in [2.45, 2.75) is 44.8 Å². The third-order valence-electron chi connectivity index (χ3n) is 3.47. The summed E-state index contributed by atoms with van der Waals surface area (Å²) >= 11 is 0. The van der Waals surface area contributed by atoms with E-state index in [0.29, 0.717) is 13.0 Å². The highest BCUT2D eigenvalue weighted by Crippen LogP contribution is 2.17. The van der Waals surface area contributed by atoms with E-state index < -0.39 is 5.82 Å². The SMILES string of the molecule is C[C@@H](CNC(=O)CC[C@H]1CCCO1)Oc1ccccc1F. The molecule has 0 saturated carbocycles. The number of benzene rings is 1. The van der Waals surface area contributed by atoms with Gasteiger partial charge in [-0.2, -0.15) is 0 Å². The molecule has 1 aliphatic rings. The standard InChI is InChI=1S/C16H22FNO3/c1-12(21-15-7-3-2-6-14(15)17)11-18-16(19)9-8-13-5-4-10-20-13/h2-3,6-7,12-13H,4-5,8-11H2,1H3,(H,18,19)/t12-,13+/m0/s1. The highest BCUT2D eigenvalue weighted by atomic mass is 19.1. The van der Waals surface area contributed by atoms with E-state index in [-0.39, 0.29) is 23.9 Å². The Kier molecular flexibility index (Phi) is 5.99. The highest BCUT2D eigenvalue weighted by molar-refractivity contribution is 5.75. The molecule has 1 aromatic carbocycles. The van der Waals surface area contributed by atoms with E-state index in [1.165, 1.54) is 6.07 Å². The molecule has 21 heavy (non-hydrogen) atoms. The van der Waals surface area contributed by atoms with Crippen LogP contribution in [0, 0.1) is 5.82 Å². The van der Waals surface area contributed by atoms with Gasteiger partial charge in [-0.1, -0.05) is 12.1 Å². The third kappa shape index (κ3) is 5.34. The van der Waals surface area contributed by atoms with E-state index >= 15 is 0 Å². The molecule has 1 amide bonds. The fraction of sp³-hybridized carbons (Fsp3) is 0.562. The van der Waals surface area contributed by atoms with Gasteiger partial charge in [-0.15, -0.1) is 0 Å². The number of ether oxygens (including phenoxy) is 2. The Hall–Kier alpha value is -1.62. The molecule has 0 aromatic heterocycles. The molecule has 1 fully saturated rings. The summed E-state index contributed by atoms with van der Waals surface area (Å²) in [5.74, 6) is -0.206. The summed E-state index contributed by atoms with van der Waals surface area (Å²) in [6, 6.07) is 6.25. The topological polar surface area (TPSA) is 47.6 Å². The minimum absolute atomic E-state index is 0.0190. The lowest BCUT2D eigenvalue weighted by atomic mass is 10.1. The highest BCUT2D eigenvalue weighted by Gasteiger charge is 2.17. The number of amides is 1. The molecule has 1 heterocycles. The molecule has 1 N–H and O–H groups in total. The average molecular weight is 295 g/mol. The van der Waals surface area contributed by atoms with Crippen LogP contribution >= 0.6 is 0 Å². The van der Waals surface area contributed by atoms with Crippen molar-refractivity contribution >= 4 is 5.91 Å². The molecule has 1 aromatic rings. The number of para-hydroxylation sites is 1. The Morgan fingerprint density at radius 1 is 1.52 bits per heavy atom. The number of nitrogens with one attached hydrogen (secondary N) is 1. The van der Waals surface area contributed by atoms with Gasteiger partial charge in [-0.25, -0.2) is 4.39 Å². The lowest BCUT2D eigenvalue weighted by Gasteiger charge is -2.16. The fourth-order valence-corrected chi connectivity index (χ4v) is 2.31. The van der Waals surface area contributed by atoms with Crippen LogP contribution < -0.4 is 10.1 Å². The summed E-state index contributed by atoms with van der Waals surface area (Å²) in [6.45, 7) is 2.96. The predicted octanol–water partition coefficient (Wildman–Crippen LogP) is 2.67. The molecule has 0 radical (unpaired) electrons. The summed E-state index contributed by atoms with van der Waals surface area (Å²) in [6.07, 6.45) is 3.28. The zero-order valence-corrected chi connectivity index (χ0v) is 12.3. The first-order chi connectivity index (χ1) is 10.1. The number of carbonyl (C=O) groups excluding carboxylic acids is 1. The maximum absolute atomic E-state index is 13.4. The van der Waals surface area contributed by atoms with Crippen LogP contribution in [0.4, 0.5) is 4.39 Å². The third-order valence-corrected chi connectivity index (χ3v) is 3.47. The molecule has 1 aliphatic heterocycles. The summed E-state index contributed by atoms with van der Waals surface area (Å²) in [7, 11) is 0. The first-order valence-electron chi connectivity index (χ1n) is 7.44. The first kappa shape index (κ1) is 15.8. The Bertz CT molecular complexity index is 461. The average Bonchev–Trinajstić information content (AvgIpc) is 2.99. The molecule has 1 saturated heterocycles. The molecule has 2 atom stereocenters. The quantitative estimate of drug-likeness (QED) is 0.841. The normalized spacial score (nSPS) is 19.2. The Morgan fingerprint density at radius 2 is 2.33 bits per heavy atom. The van der Waals surface area contributed by atoms with E-state index in [1.807, 2.05) is 0 Å². The van der Waals surface area contributed by atoms with Gasteiger partial charge >= 0.3 is 0 Å². The van der Waals surface area contributed by atoms with Crippen molar-refractivity contribution in [3.63, 3.8) is 0 Å². The van der Waals surface area contributed by atoms with E-state index in [1.54, 1.807) is 25.1 Å². The van der Waals surface area contributed by atoms with Gasteiger partial charge < -0.3 is 14.8 Å². The summed E-state index contributed by atoms with van der Waals surface area (Å²) in [5, 5.41) is 2.80. The van der Waals surface area contributed by atoms with Gasteiger partial charge in [-0.05, 0) is 38.3 Å². The lowest BCUT2D eigenvalue weighted by molar-refractivity contribution is -0.122. The van der Waals surface area contributed by atoms with E-state index in [2.05, 4.69) is 5.32 Å². The van der Waals surface area contributed by atoms with Crippen LogP contribution in [0.1, 0.15) is 32.6 Å². The van der Waals surface area contributed by atoms with Crippen molar-refractivity contribution in [2.75, 3.05) is 13.2 Å². The van der Waals surface area contributed by atoms with Crippen molar-refractivity contribution < 1.29 is 18.7 Å². The molecule has 116 valence electrons. The van der Waals surface area contributed by atoms with Crippen LogP contribution in [0.5, 0.6) is 5.75 Å². The smallest absolute Gasteiger partial charge is 0.220 e. The monoisotopic (exact) mass is 295 g/mol. The zero-order chi connectivity index (χ0) is 15.1. The zero-order valence-electron chi connectivity index (χ0n) is 12.3. The van der Waals surface area contributed by atoms with Crippen molar-refractivity contribution in [3.05, 3.63) is 30.1 Å². The molecule has 0 bridgehead atoms. The number of halogens is 1. The molecule has 5 heteroatoms. The molecule has 2 rings (SSSR count). The van der Waals surface area contributed by atoms with Crippen LogP contribution in [0.2, 0.25) is 0 Å². The Balaban J connectivity index is 1.65. The number of hydrogen-bond acceptors (Lipinski definition) is 3. The molecule has 4 nitrogen and oxygen atoms in total. The van der Waals surface area contributed by atoms with Crippen LogP contribution in [0.3, 0.4) is 0 Å². The summed E-state index contributed by atoms with van der Waals surface area (Å²) in [4.78, 5) is 11.7. The number of hydrogen-bond donors (Lipinski definition) is 1. The number of carbonyl (C=O) groups is 1. The van der Waals surface area contributed by atoms with Crippen LogP contribution in [-0.4, -0.2) is 31.3 Å². The minimum Gasteiger partial charge on any atom is -0.486 e. The number of rotatable bonds is 7. The summed E-state index contributed by atoms with van der Waals surface area (Å²) in [5.41, 5.74) is 0. The maximum atomic E-state index is 13.4. The van der Waals surface area contributed by atoms with E-state index in [9.17, 15) is 9.18 Å². The Morgan fingerprint density at radius 3 is 3.05 bits per heavy atom. The Labute approximate surface area is 124 Å². The molecular weight excluding hydrogens is 273 g/mol. The second-order valence-electron chi connectivity index (χ2n) is 5.34. The fourth-order valence-electron chi connectivity index (χ4n) is 2.31. The molecule has 0 spiro atoms. The predicted molar refractivity (Wildman–Crippen MR) is 77.7 cm³/mol. The van der Waals surface area contributed by atoms with Gasteiger partial charge in [0.2, 0.25) is 5.91 Å². The second kappa shape index (κ2) is 7.98. The second-order valence-corrected chi connectivity index (χ2v) is 5.34. The van der Waals surface area contributed by atoms with Crippen LogP contribution in [-0.2, 0) is 9.53 Å². The van der Waals surface area contributed by atoms with E-state index in [0.717, 1.165) is 25.9 Å². The van der Waals surface area contributed by atoms with Crippen molar-refractivity contribution in [3.8, 4) is 5.75 Å². The van der Waals surface area contributed by atoms with Crippen LogP contribution in [0.25, 0.3) is 0 Å². The van der Waals surface area contributed by atoms with Gasteiger partial charge in [0.1, 0.15) is 6.10 Å². The first-order valence-corrected chi connectivity index (χ1v) is 7.44.